The zero-order valence-corrected chi connectivity index (χ0v) is 14.5. The molecule has 1 aromatic carbocycles. The summed E-state index contributed by atoms with van der Waals surface area (Å²) in [6.45, 7) is 1.01. The van der Waals surface area contributed by atoms with Gasteiger partial charge < -0.3 is 9.88 Å². The summed E-state index contributed by atoms with van der Waals surface area (Å²) in [5, 5.41) is 6.80. The van der Waals surface area contributed by atoms with Crippen LogP contribution in [0.4, 0.5) is 5.69 Å². The number of fused-ring (bicyclic) bond motifs is 1. The van der Waals surface area contributed by atoms with Crippen molar-refractivity contribution in [3.05, 3.63) is 64.5 Å². The topological polar surface area (TPSA) is 81.8 Å². The molecule has 4 rings (SSSR count). The molecule has 0 aliphatic carbocycles. The minimum Gasteiger partial charge on any atom is -0.334 e. The highest BCUT2D eigenvalue weighted by molar-refractivity contribution is 6.02. The number of imidazole rings is 1. The number of aryl methyl sites for hydroxylation is 3. The maximum atomic E-state index is 12.4. The van der Waals surface area contributed by atoms with Crippen molar-refractivity contribution in [1.82, 2.24) is 19.3 Å². The Bertz CT molecular complexity index is 1010. The summed E-state index contributed by atoms with van der Waals surface area (Å²) >= 11 is 0. The molecule has 3 heterocycles. The van der Waals surface area contributed by atoms with E-state index in [4.69, 9.17) is 4.98 Å². The number of rotatable bonds is 3. The van der Waals surface area contributed by atoms with Crippen LogP contribution in [-0.2, 0) is 20.0 Å². The predicted octanol–water partition coefficient (Wildman–Crippen LogP) is 2.23. The van der Waals surface area contributed by atoms with Crippen LogP contribution in [0.25, 0.3) is 11.3 Å². The second kappa shape index (κ2) is 6.59. The smallest absolute Gasteiger partial charge is 0.276 e. The number of hydrogen-bond donors (Lipinski definition) is 1. The molecule has 0 radical (unpaired) electrons. The molecule has 0 spiro atoms. The van der Waals surface area contributed by atoms with Crippen molar-refractivity contribution in [2.75, 3.05) is 5.32 Å². The SMILES string of the molecule is Cn1nc(C(=O)Nc2cccc(-c3cn4c(n3)CCCC4)c2)ccc1=O. The van der Waals surface area contributed by atoms with Gasteiger partial charge in [0.15, 0.2) is 0 Å². The Morgan fingerprint density at radius 2 is 2.08 bits per heavy atom. The molecule has 1 N–H and O–H groups in total. The lowest BCUT2D eigenvalue weighted by atomic mass is 10.1. The van der Waals surface area contributed by atoms with E-state index in [1.165, 1.54) is 32.0 Å². The zero-order valence-electron chi connectivity index (χ0n) is 14.5. The lowest BCUT2D eigenvalue weighted by Crippen LogP contribution is -2.23. The summed E-state index contributed by atoms with van der Waals surface area (Å²) in [7, 11) is 1.51. The van der Waals surface area contributed by atoms with Crippen molar-refractivity contribution in [2.24, 2.45) is 7.05 Å². The Morgan fingerprint density at radius 3 is 2.88 bits per heavy atom. The van der Waals surface area contributed by atoms with Crippen molar-refractivity contribution >= 4 is 11.6 Å². The van der Waals surface area contributed by atoms with Crippen molar-refractivity contribution in [1.29, 1.82) is 0 Å². The number of amides is 1. The van der Waals surface area contributed by atoms with Gasteiger partial charge in [-0.05, 0) is 31.0 Å². The normalized spacial score (nSPS) is 13.3. The molecule has 1 aliphatic heterocycles. The fraction of sp³-hybridized carbons (Fsp3) is 0.263. The number of benzene rings is 1. The van der Waals surface area contributed by atoms with Gasteiger partial charge in [-0.3, -0.25) is 9.59 Å². The summed E-state index contributed by atoms with van der Waals surface area (Å²) in [4.78, 5) is 28.5. The van der Waals surface area contributed by atoms with Gasteiger partial charge in [0.05, 0.1) is 5.69 Å². The Labute approximate surface area is 150 Å². The molecule has 7 nitrogen and oxygen atoms in total. The summed E-state index contributed by atoms with van der Waals surface area (Å²) in [5.41, 5.74) is 2.47. The Kier molecular flexibility index (Phi) is 4.12. The Balaban J connectivity index is 1.57. The highest BCUT2D eigenvalue weighted by Gasteiger charge is 2.14. The molecule has 3 aromatic rings. The number of anilines is 1. The van der Waals surface area contributed by atoms with Crippen LogP contribution in [0, 0.1) is 0 Å². The first-order valence-electron chi connectivity index (χ1n) is 8.62. The molecule has 1 aliphatic rings. The van der Waals surface area contributed by atoms with Gasteiger partial charge in [-0.2, -0.15) is 5.10 Å². The number of hydrogen-bond acceptors (Lipinski definition) is 4. The maximum Gasteiger partial charge on any atom is 0.276 e. The van der Waals surface area contributed by atoms with E-state index in [0.717, 1.165) is 34.7 Å². The average molecular weight is 349 g/mol. The van der Waals surface area contributed by atoms with Crippen molar-refractivity contribution in [3.8, 4) is 11.3 Å². The zero-order chi connectivity index (χ0) is 18.1. The van der Waals surface area contributed by atoms with E-state index >= 15 is 0 Å². The number of nitrogens with one attached hydrogen (secondary N) is 1. The van der Waals surface area contributed by atoms with Crippen LogP contribution in [0.2, 0.25) is 0 Å². The molecule has 26 heavy (non-hydrogen) atoms. The van der Waals surface area contributed by atoms with Crippen LogP contribution in [0.1, 0.15) is 29.2 Å². The third-order valence-corrected chi connectivity index (χ3v) is 4.52. The number of aromatic nitrogens is 4. The maximum absolute atomic E-state index is 12.4. The highest BCUT2D eigenvalue weighted by atomic mass is 16.2. The Morgan fingerprint density at radius 1 is 1.19 bits per heavy atom. The van der Waals surface area contributed by atoms with Crippen molar-refractivity contribution in [2.45, 2.75) is 25.8 Å². The quantitative estimate of drug-likeness (QED) is 0.786. The van der Waals surface area contributed by atoms with Crippen LogP contribution in [0.15, 0.2) is 47.4 Å². The molecule has 132 valence electrons. The van der Waals surface area contributed by atoms with E-state index < -0.39 is 0 Å². The largest absolute Gasteiger partial charge is 0.334 e. The van der Waals surface area contributed by atoms with Gasteiger partial charge in [0.2, 0.25) is 0 Å². The molecule has 7 heteroatoms. The van der Waals surface area contributed by atoms with Gasteiger partial charge in [0.25, 0.3) is 11.5 Å². The molecule has 0 atom stereocenters. The highest BCUT2D eigenvalue weighted by Crippen LogP contribution is 2.25. The number of carbonyl (C=O) groups excluding carboxylic acids is 1. The minimum atomic E-state index is -0.359. The minimum absolute atomic E-state index is 0.190. The van der Waals surface area contributed by atoms with Crippen LogP contribution in [0.3, 0.4) is 0 Å². The first-order chi connectivity index (χ1) is 12.6. The molecule has 0 saturated heterocycles. The van der Waals surface area contributed by atoms with E-state index in [2.05, 4.69) is 21.2 Å². The summed E-state index contributed by atoms with van der Waals surface area (Å²) < 4.78 is 3.35. The summed E-state index contributed by atoms with van der Waals surface area (Å²) in [6.07, 6.45) is 5.45. The molecular weight excluding hydrogens is 330 g/mol. The lowest BCUT2D eigenvalue weighted by molar-refractivity contribution is 0.102. The van der Waals surface area contributed by atoms with Gasteiger partial charge in [-0.25, -0.2) is 9.67 Å². The van der Waals surface area contributed by atoms with E-state index in [-0.39, 0.29) is 17.2 Å². The fourth-order valence-electron chi connectivity index (χ4n) is 3.13. The van der Waals surface area contributed by atoms with E-state index in [0.29, 0.717) is 5.69 Å². The third kappa shape index (κ3) is 3.15. The first kappa shape index (κ1) is 16.3. The summed E-state index contributed by atoms with van der Waals surface area (Å²) in [6, 6.07) is 10.3. The number of nitrogens with zero attached hydrogens (tertiary/aromatic N) is 4. The molecule has 1 amide bonds. The van der Waals surface area contributed by atoms with Crippen molar-refractivity contribution in [3.63, 3.8) is 0 Å². The van der Waals surface area contributed by atoms with Gasteiger partial charge in [-0.1, -0.05) is 12.1 Å². The van der Waals surface area contributed by atoms with Gasteiger partial charge in [0, 0.05) is 43.5 Å². The van der Waals surface area contributed by atoms with Crippen LogP contribution >= 0.6 is 0 Å². The van der Waals surface area contributed by atoms with Crippen LogP contribution < -0.4 is 10.9 Å². The monoisotopic (exact) mass is 349 g/mol. The molecule has 0 unspecified atom stereocenters. The summed E-state index contributed by atoms with van der Waals surface area (Å²) in [5.74, 6) is 0.761. The average Bonchev–Trinajstić information content (AvgIpc) is 3.08. The van der Waals surface area contributed by atoms with Gasteiger partial charge >= 0.3 is 0 Å². The van der Waals surface area contributed by atoms with E-state index in [1.54, 1.807) is 0 Å². The van der Waals surface area contributed by atoms with Crippen molar-refractivity contribution < 1.29 is 4.79 Å². The third-order valence-electron chi connectivity index (χ3n) is 4.52. The lowest BCUT2D eigenvalue weighted by Gasteiger charge is -2.11. The van der Waals surface area contributed by atoms with Gasteiger partial charge in [0.1, 0.15) is 11.5 Å². The van der Waals surface area contributed by atoms with E-state index in [9.17, 15) is 9.59 Å². The molecule has 0 saturated carbocycles. The van der Waals surface area contributed by atoms with E-state index in [1.807, 2.05) is 24.3 Å². The fourth-order valence-corrected chi connectivity index (χ4v) is 3.13. The van der Waals surface area contributed by atoms with Crippen LogP contribution in [-0.4, -0.2) is 25.2 Å². The predicted molar refractivity (Wildman–Crippen MR) is 98.0 cm³/mol. The Hall–Kier alpha value is -3.22. The van der Waals surface area contributed by atoms with Gasteiger partial charge in [-0.15, -0.1) is 0 Å². The second-order valence-corrected chi connectivity index (χ2v) is 6.41. The molecular formula is C19H19N5O2. The molecule has 0 bridgehead atoms. The van der Waals surface area contributed by atoms with Crippen LogP contribution in [0.5, 0.6) is 0 Å². The first-order valence-corrected chi connectivity index (χ1v) is 8.62. The number of carbonyl (C=O) groups is 1. The standard InChI is InChI=1S/C19H19N5O2/c1-23-18(25)9-8-15(22-23)19(26)20-14-6-4-5-13(11-14)16-12-24-10-3-2-7-17(24)21-16/h4-6,8-9,11-12H,2-3,7,10H2,1H3,(H,20,26). The molecule has 2 aromatic heterocycles. The second-order valence-electron chi connectivity index (χ2n) is 6.41. The molecule has 0 fully saturated rings.